The molecule has 0 aliphatic carbocycles. The Morgan fingerprint density at radius 2 is 1.82 bits per heavy atom. The van der Waals surface area contributed by atoms with Crippen LogP contribution in [0.5, 0.6) is 5.75 Å². The molecule has 28 heavy (non-hydrogen) atoms. The van der Waals surface area contributed by atoms with Crippen molar-refractivity contribution in [2.75, 3.05) is 19.7 Å². The monoisotopic (exact) mass is 384 g/mol. The molecule has 1 fully saturated rings. The number of benzene rings is 1. The number of hydrogen-bond acceptors (Lipinski definition) is 4. The molecule has 1 saturated heterocycles. The summed E-state index contributed by atoms with van der Waals surface area (Å²) in [5.74, 6) is 0.794. The van der Waals surface area contributed by atoms with Crippen molar-refractivity contribution in [3.05, 3.63) is 54.0 Å². The Morgan fingerprint density at radius 3 is 2.39 bits per heavy atom. The number of furan rings is 1. The van der Waals surface area contributed by atoms with Gasteiger partial charge in [-0.25, -0.2) is 0 Å². The first-order valence-corrected chi connectivity index (χ1v) is 9.68. The van der Waals surface area contributed by atoms with Crippen LogP contribution in [0.25, 0.3) is 0 Å². The minimum Gasteiger partial charge on any atom is -0.484 e. The number of carbonyl (C=O) groups excluding carboxylic acids is 2. The summed E-state index contributed by atoms with van der Waals surface area (Å²) in [6.45, 7) is 7.65. The Balaban J connectivity index is 1.40. The Bertz CT molecular complexity index is 783. The van der Waals surface area contributed by atoms with Gasteiger partial charge in [-0.1, -0.05) is 32.9 Å². The third-order valence-corrected chi connectivity index (χ3v) is 4.97. The van der Waals surface area contributed by atoms with Crippen molar-refractivity contribution in [3.8, 4) is 5.75 Å². The summed E-state index contributed by atoms with van der Waals surface area (Å²) in [5, 5.41) is 2.99. The van der Waals surface area contributed by atoms with Crippen molar-refractivity contribution in [3.63, 3.8) is 0 Å². The van der Waals surface area contributed by atoms with Gasteiger partial charge in [-0.2, -0.15) is 0 Å². The standard InChI is InChI=1S/C22H28N2O4/c1-22(2,3)16-6-8-18(9-7-16)28-15-20(25)23-17-10-12-24(13-11-17)21(26)19-5-4-14-27-19/h4-9,14,17H,10-13,15H2,1-3H3,(H,23,25). The van der Waals surface area contributed by atoms with Gasteiger partial charge in [0.15, 0.2) is 12.4 Å². The smallest absolute Gasteiger partial charge is 0.289 e. The molecule has 0 spiro atoms. The number of likely N-dealkylation sites (tertiary alicyclic amines) is 1. The fourth-order valence-corrected chi connectivity index (χ4v) is 3.25. The molecule has 0 atom stereocenters. The minimum absolute atomic E-state index is 0.0135. The van der Waals surface area contributed by atoms with Crippen LogP contribution >= 0.6 is 0 Å². The van der Waals surface area contributed by atoms with Crippen molar-refractivity contribution in [2.24, 2.45) is 0 Å². The highest BCUT2D eigenvalue weighted by molar-refractivity contribution is 5.91. The molecule has 0 unspecified atom stereocenters. The van der Waals surface area contributed by atoms with Crippen LogP contribution in [-0.2, 0) is 10.2 Å². The van der Waals surface area contributed by atoms with E-state index in [1.807, 2.05) is 24.3 Å². The summed E-state index contributed by atoms with van der Waals surface area (Å²) in [6, 6.07) is 11.3. The molecule has 1 aliphatic rings. The molecule has 0 radical (unpaired) electrons. The van der Waals surface area contributed by atoms with Gasteiger partial charge >= 0.3 is 0 Å². The van der Waals surface area contributed by atoms with E-state index >= 15 is 0 Å². The first kappa shape index (κ1) is 20.0. The maximum Gasteiger partial charge on any atom is 0.289 e. The summed E-state index contributed by atoms with van der Waals surface area (Å²) in [4.78, 5) is 26.2. The fourth-order valence-electron chi connectivity index (χ4n) is 3.25. The number of amides is 2. The van der Waals surface area contributed by atoms with E-state index in [4.69, 9.17) is 9.15 Å². The zero-order valence-corrected chi connectivity index (χ0v) is 16.7. The molecule has 1 aromatic carbocycles. The van der Waals surface area contributed by atoms with Crippen LogP contribution in [0, 0.1) is 0 Å². The molecule has 6 nitrogen and oxygen atoms in total. The lowest BCUT2D eigenvalue weighted by Gasteiger charge is -2.31. The van der Waals surface area contributed by atoms with Crippen LogP contribution < -0.4 is 10.1 Å². The predicted octanol–water partition coefficient (Wildman–Crippen LogP) is 3.38. The Kier molecular flexibility index (Phi) is 6.07. The summed E-state index contributed by atoms with van der Waals surface area (Å²) < 4.78 is 10.8. The molecule has 0 bridgehead atoms. The highest BCUT2D eigenvalue weighted by Gasteiger charge is 2.25. The molecule has 2 heterocycles. The van der Waals surface area contributed by atoms with E-state index in [0.717, 1.165) is 12.8 Å². The summed E-state index contributed by atoms with van der Waals surface area (Å²) in [6.07, 6.45) is 2.94. The van der Waals surface area contributed by atoms with Crippen LogP contribution in [-0.4, -0.2) is 42.5 Å². The highest BCUT2D eigenvalue weighted by atomic mass is 16.5. The van der Waals surface area contributed by atoms with Crippen LogP contribution in [0.15, 0.2) is 47.1 Å². The number of piperidine rings is 1. The summed E-state index contributed by atoms with van der Waals surface area (Å²) >= 11 is 0. The molecule has 1 aliphatic heterocycles. The molecule has 2 aromatic rings. The maximum absolute atomic E-state index is 12.3. The second-order valence-corrected chi connectivity index (χ2v) is 8.17. The van der Waals surface area contributed by atoms with E-state index in [1.165, 1.54) is 11.8 Å². The van der Waals surface area contributed by atoms with Gasteiger partial charge in [0, 0.05) is 19.1 Å². The van der Waals surface area contributed by atoms with Gasteiger partial charge in [-0.15, -0.1) is 0 Å². The normalized spacial score (nSPS) is 15.3. The van der Waals surface area contributed by atoms with Crippen LogP contribution in [0.1, 0.15) is 49.7 Å². The average Bonchev–Trinajstić information content (AvgIpc) is 3.21. The largest absolute Gasteiger partial charge is 0.484 e. The van der Waals surface area contributed by atoms with E-state index in [2.05, 4.69) is 26.1 Å². The van der Waals surface area contributed by atoms with Gasteiger partial charge in [-0.05, 0) is 48.1 Å². The molecule has 1 aromatic heterocycles. The maximum atomic E-state index is 12.3. The van der Waals surface area contributed by atoms with E-state index in [1.54, 1.807) is 17.0 Å². The van der Waals surface area contributed by atoms with E-state index in [0.29, 0.717) is 24.6 Å². The molecule has 2 amide bonds. The second-order valence-electron chi connectivity index (χ2n) is 8.17. The SMILES string of the molecule is CC(C)(C)c1ccc(OCC(=O)NC2CCN(C(=O)c3ccco3)CC2)cc1. The minimum atomic E-state index is -0.143. The van der Waals surface area contributed by atoms with Crippen molar-refractivity contribution in [1.29, 1.82) is 0 Å². The van der Waals surface area contributed by atoms with Crippen LogP contribution in [0.4, 0.5) is 0 Å². The predicted molar refractivity (Wildman–Crippen MR) is 106 cm³/mol. The number of nitrogens with one attached hydrogen (secondary N) is 1. The van der Waals surface area contributed by atoms with Crippen molar-refractivity contribution >= 4 is 11.8 Å². The van der Waals surface area contributed by atoms with Gasteiger partial charge in [-0.3, -0.25) is 9.59 Å². The van der Waals surface area contributed by atoms with E-state index < -0.39 is 0 Å². The Labute approximate surface area is 165 Å². The topological polar surface area (TPSA) is 71.8 Å². The molecule has 1 N–H and O–H groups in total. The summed E-state index contributed by atoms with van der Waals surface area (Å²) in [5.41, 5.74) is 1.31. The first-order chi connectivity index (χ1) is 13.3. The lowest BCUT2D eigenvalue weighted by molar-refractivity contribution is -0.124. The fraction of sp³-hybridized carbons (Fsp3) is 0.455. The molecule has 6 heteroatoms. The molecule has 3 rings (SSSR count). The average molecular weight is 384 g/mol. The Morgan fingerprint density at radius 1 is 1.14 bits per heavy atom. The van der Waals surface area contributed by atoms with E-state index in [9.17, 15) is 9.59 Å². The van der Waals surface area contributed by atoms with Gasteiger partial charge in [0.1, 0.15) is 5.75 Å². The van der Waals surface area contributed by atoms with Gasteiger partial charge in [0.25, 0.3) is 11.8 Å². The molecule has 150 valence electrons. The van der Waals surface area contributed by atoms with Crippen LogP contribution in [0.3, 0.4) is 0 Å². The highest BCUT2D eigenvalue weighted by Crippen LogP contribution is 2.24. The lowest BCUT2D eigenvalue weighted by Crippen LogP contribution is -2.47. The zero-order chi connectivity index (χ0) is 20.1. The molecular weight excluding hydrogens is 356 g/mol. The van der Waals surface area contributed by atoms with Gasteiger partial charge < -0.3 is 19.4 Å². The van der Waals surface area contributed by atoms with Crippen LogP contribution in [0.2, 0.25) is 0 Å². The van der Waals surface area contributed by atoms with Gasteiger partial charge in [0.2, 0.25) is 0 Å². The van der Waals surface area contributed by atoms with Crippen molar-refractivity contribution in [2.45, 2.75) is 45.1 Å². The summed E-state index contributed by atoms with van der Waals surface area (Å²) in [7, 11) is 0. The molecule has 0 saturated carbocycles. The molecular formula is C22H28N2O4. The first-order valence-electron chi connectivity index (χ1n) is 9.68. The van der Waals surface area contributed by atoms with Gasteiger partial charge in [0.05, 0.1) is 6.26 Å². The number of nitrogens with zero attached hydrogens (tertiary/aromatic N) is 1. The number of hydrogen-bond donors (Lipinski definition) is 1. The van der Waals surface area contributed by atoms with Crippen molar-refractivity contribution < 1.29 is 18.7 Å². The number of ether oxygens (including phenoxy) is 1. The van der Waals surface area contributed by atoms with E-state index in [-0.39, 0.29) is 29.9 Å². The third-order valence-electron chi connectivity index (χ3n) is 4.97. The third kappa shape index (κ3) is 5.15. The number of rotatable bonds is 5. The number of carbonyl (C=O) groups is 2. The zero-order valence-electron chi connectivity index (χ0n) is 16.7. The lowest BCUT2D eigenvalue weighted by atomic mass is 9.87. The Hall–Kier alpha value is -2.76. The second kappa shape index (κ2) is 8.50. The quantitative estimate of drug-likeness (QED) is 0.858. The van der Waals surface area contributed by atoms with Crippen molar-refractivity contribution in [1.82, 2.24) is 10.2 Å².